The summed E-state index contributed by atoms with van der Waals surface area (Å²) in [5.74, 6) is 3.37. The van der Waals surface area contributed by atoms with E-state index in [4.69, 9.17) is 5.84 Å². The van der Waals surface area contributed by atoms with E-state index >= 15 is 0 Å². The number of nitrogens with zero attached hydrogens (tertiary/aromatic N) is 2. The molecule has 1 atom stereocenters. The van der Waals surface area contributed by atoms with Gasteiger partial charge in [0.2, 0.25) is 0 Å². The van der Waals surface area contributed by atoms with Gasteiger partial charge in [-0.3, -0.25) is 19.8 Å². The molecule has 7 heteroatoms. The van der Waals surface area contributed by atoms with Crippen molar-refractivity contribution in [3.8, 4) is 0 Å². The van der Waals surface area contributed by atoms with Crippen molar-refractivity contribution in [3.05, 3.63) is 0 Å². The Balaban J connectivity index is 2.91. The summed E-state index contributed by atoms with van der Waals surface area (Å²) in [6, 6.07) is -0.703. The van der Waals surface area contributed by atoms with Gasteiger partial charge in [-0.1, -0.05) is 13.8 Å². The number of carbonyl (C=O) groups excluding carboxylic acids is 3. The van der Waals surface area contributed by atoms with Crippen LogP contribution in [0.15, 0.2) is 0 Å². The molecular weight excluding hydrogens is 236 g/mol. The van der Waals surface area contributed by atoms with Crippen LogP contribution in [-0.2, 0) is 14.4 Å². The molecular formula is C11H20N4O3. The first-order valence-electron chi connectivity index (χ1n) is 6.04. The van der Waals surface area contributed by atoms with Crippen LogP contribution >= 0.6 is 0 Å². The van der Waals surface area contributed by atoms with Crippen molar-refractivity contribution in [3.63, 3.8) is 0 Å². The second-order valence-corrected chi connectivity index (χ2v) is 4.58. The molecule has 0 bridgehead atoms. The monoisotopic (exact) mass is 256 g/mol. The number of nitrogens with two attached hydrogens (primary N) is 1. The number of hydrazine groups is 1. The average Bonchev–Trinajstić information content (AvgIpc) is 2.34. The Morgan fingerprint density at radius 3 is 2.39 bits per heavy atom. The summed E-state index contributed by atoms with van der Waals surface area (Å²) in [6.45, 7) is 6.73. The van der Waals surface area contributed by atoms with Crippen LogP contribution in [0.25, 0.3) is 0 Å². The van der Waals surface area contributed by atoms with Gasteiger partial charge in [0.05, 0.1) is 0 Å². The van der Waals surface area contributed by atoms with Crippen LogP contribution in [-0.4, -0.2) is 53.2 Å². The Kier molecular flexibility index (Phi) is 4.66. The molecule has 0 spiro atoms. The van der Waals surface area contributed by atoms with E-state index in [1.54, 1.807) is 0 Å². The second-order valence-electron chi connectivity index (χ2n) is 4.58. The normalized spacial score (nSPS) is 18.3. The molecule has 0 aromatic heterocycles. The highest BCUT2D eigenvalue weighted by Crippen LogP contribution is 2.15. The Labute approximate surface area is 106 Å². The molecule has 1 fully saturated rings. The first-order valence-corrected chi connectivity index (χ1v) is 6.04. The zero-order valence-electron chi connectivity index (χ0n) is 11.0. The molecule has 3 N–H and O–H groups in total. The van der Waals surface area contributed by atoms with Crippen molar-refractivity contribution in [2.75, 3.05) is 19.6 Å². The van der Waals surface area contributed by atoms with Gasteiger partial charge in [-0.05, 0) is 12.8 Å². The smallest absolute Gasteiger partial charge is 0.312 e. The SMILES string of the molecule is CCN1CCN(C(C(=O)NN)C(C)C)C(=O)C1=O. The Morgan fingerprint density at radius 1 is 1.33 bits per heavy atom. The maximum absolute atomic E-state index is 12.0. The summed E-state index contributed by atoms with van der Waals surface area (Å²) in [7, 11) is 0. The molecule has 1 aliphatic heterocycles. The molecule has 3 amide bonds. The lowest BCUT2D eigenvalue weighted by Crippen LogP contribution is -2.62. The van der Waals surface area contributed by atoms with Gasteiger partial charge in [0.1, 0.15) is 6.04 Å². The van der Waals surface area contributed by atoms with Crippen LogP contribution in [0.3, 0.4) is 0 Å². The minimum absolute atomic E-state index is 0.113. The van der Waals surface area contributed by atoms with Crippen molar-refractivity contribution in [2.24, 2.45) is 11.8 Å². The van der Waals surface area contributed by atoms with E-state index in [2.05, 4.69) is 0 Å². The van der Waals surface area contributed by atoms with Crippen LogP contribution in [0.1, 0.15) is 20.8 Å². The Hall–Kier alpha value is -1.63. The van der Waals surface area contributed by atoms with E-state index in [9.17, 15) is 14.4 Å². The molecule has 7 nitrogen and oxygen atoms in total. The second kappa shape index (κ2) is 5.81. The lowest BCUT2D eigenvalue weighted by atomic mass is 10.0. The van der Waals surface area contributed by atoms with Crippen LogP contribution in [0.2, 0.25) is 0 Å². The van der Waals surface area contributed by atoms with Crippen molar-refractivity contribution < 1.29 is 14.4 Å². The molecule has 0 saturated carbocycles. The van der Waals surface area contributed by atoms with Gasteiger partial charge in [-0.25, -0.2) is 5.84 Å². The van der Waals surface area contributed by atoms with Crippen molar-refractivity contribution in [2.45, 2.75) is 26.8 Å². The predicted octanol–water partition coefficient (Wildman–Crippen LogP) is -1.31. The first-order chi connectivity index (χ1) is 8.43. The zero-order valence-corrected chi connectivity index (χ0v) is 11.0. The summed E-state index contributed by atoms with van der Waals surface area (Å²) < 4.78 is 0. The molecule has 1 unspecified atom stereocenters. The molecule has 102 valence electrons. The van der Waals surface area contributed by atoms with Gasteiger partial charge in [-0.2, -0.15) is 0 Å². The van der Waals surface area contributed by atoms with Crippen LogP contribution in [0.5, 0.6) is 0 Å². The molecule has 0 aliphatic carbocycles. The quantitative estimate of drug-likeness (QED) is 0.282. The largest absolute Gasteiger partial charge is 0.333 e. The van der Waals surface area contributed by atoms with Crippen LogP contribution in [0, 0.1) is 5.92 Å². The molecule has 1 heterocycles. The fourth-order valence-corrected chi connectivity index (χ4v) is 2.15. The number of carbonyl (C=O) groups is 3. The molecule has 0 radical (unpaired) electrons. The van der Waals surface area contributed by atoms with Gasteiger partial charge in [0, 0.05) is 19.6 Å². The van der Waals surface area contributed by atoms with E-state index in [0.29, 0.717) is 19.6 Å². The highest BCUT2D eigenvalue weighted by molar-refractivity contribution is 6.35. The highest BCUT2D eigenvalue weighted by Gasteiger charge is 2.39. The third-order valence-corrected chi connectivity index (χ3v) is 3.10. The molecule has 1 rings (SSSR count). The maximum atomic E-state index is 12.0. The molecule has 1 saturated heterocycles. The van der Waals surface area contributed by atoms with Gasteiger partial charge in [0.25, 0.3) is 5.91 Å². The van der Waals surface area contributed by atoms with Gasteiger partial charge >= 0.3 is 11.8 Å². The number of hydrogen-bond acceptors (Lipinski definition) is 4. The number of nitrogens with one attached hydrogen (secondary N) is 1. The van der Waals surface area contributed by atoms with Crippen molar-refractivity contribution >= 4 is 17.7 Å². The number of amides is 3. The summed E-state index contributed by atoms with van der Waals surface area (Å²) in [4.78, 5) is 38.2. The Morgan fingerprint density at radius 2 is 1.94 bits per heavy atom. The summed E-state index contributed by atoms with van der Waals surface area (Å²) in [6.07, 6.45) is 0. The van der Waals surface area contributed by atoms with E-state index in [-0.39, 0.29) is 5.92 Å². The standard InChI is InChI=1S/C11H20N4O3/c1-4-14-5-6-15(11(18)10(14)17)8(7(2)3)9(16)13-12/h7-8H,4-6,12H2,1-3H3,(H,13,16). The van der Waals surface area contributed by atoms with E-state index in [1.807, 2.05) is 26.2 Å². The molecule has 0 aromatic carbocycles. The topological polar surface area (TPSA) is 95.7 Å². The summed E-state index contributed by atoms with van der Waals surface area (Å²) in [5.41, 5.74) is 2.05. The third-order valence-electron chi connectivity index (χ3n) is 3.10. The molecule has 1 aliphatic rings. The third kappa shape index (κ3) is 2.61. The summed E-state index contributed by atoms with van der Waals surface area (Å²) >= 11 is 0. The maximum Gasteiger partial charge on any atom is 0.312 e. The molecule has 0 aromatic rings. The van der Waals surface area contributed by atoms with E-state index in [0.717, 1.165) is 0 Å². The number of piperazine rings is 1. The fraction of sp³-hybridized carbons (Fsp3) is 0.727. The van der Waals surface area contributed by atoms with Gasteiger partial charge in [-0.15, -0.1) is 0 Å². The zero-order chi connectivity index (χ0) is 13.9. The predicted molar refractivity (Wildman–Crippen MR) is 64.9 cm³/mol. The number of rotatable bonds is 4. The van der Waals surface area contributed by atoms with Crippen LogP contribution < -0.4 is 11.3 Å². The lowest BCUT2D eigenvalue weighted by Gasteiger charge is -2.38. The van der Waals surface area contributed by atoms with Gasteiger partial charge in [0.15, 0.2) is 0 Å². The summed E-state index contributed by atoms with van der Waals surface area (Å²) in [5, 5.41) is 0. The minimum Gasteiger partial charge on any atom is -0.333 e. The van der Waals surface area contributed by atoms with E-state index < -0.39 is 23.8 Å². The Bertz CT molecular complexity index is 356. The lowest BCUT2D eigenvalue weighted by molar-refractivity contribution is -0.160. The van der Waals surface area contributed by atoms with Gasteiger partial charge < -0.3 is 9.80 Å². The van der Waals surface area contributed by atoms with Crippen LogP contribution in [0.4, 0.5) is 0 Å². The molecule has 18 heavy (non-hydrogen) atoms. The minimum atomic E-state index is -0.703. The number of hydrogen-bond donors (Lipinski definition) is 2. The average molecular weight is 256 g/mol. The van der Waals surface area contributed by atoms with E-state index in [1.165, 1.54) is 9.80 Å². The fourth-order valence-electron chi connectivity index (χ4n) is 2.15. The first kappa shape index (κ1) is 14.4. The van der Waals surface area contributed by atoms with Crippen molar-refractivity contribution in [1.82, 2.24) is 15.2 Å². The number of likely N-dealkylation sites (N-methyl/N-ethyl adjacent to an activating group) is 1. The highest BCUT2D eigenvalue weighted by atomic mass is 16.2. The van der Waals surface area contributed by atoms with Crippen molar-refractivity contribution in [1.29, 1.82) is 0 Å².